The standard InChI is InChI=1S/C16H24O2/c1-3-5-7-12-15(13-16(17)18-4-2)14-10-8-6-9-11-14/h6,8-11,15H,3-5,7,12-13H2,1-2H3. The molecule has 1 aromatic rings. The first-order chi connectivity index (χ1) is 8.77. The highest BCUT2D eigenvalue weighted by Crippen LogP contribution is 2.26. The fraction of sp³-hybridized carbons (Fsp3) is 0.562. The molecule has 0 heterocycles. The van der Waals surface area contributed by atoms with E-state index in [9.17, 15) is 4.79 Å². The lowest BCUT2D eigenvalue weighted by molar-refractivity contribution is -0.143. The molecule has 0 aromatic heterocycles. The van der Waals surface area contributed by atoms with Gasteiger partial charge in [0.25, 0.3) is 0 Å². The van der Waals surface area contributed by atoms with E-state index in [1.807, 2.05) is 25.1 Å². The second kappa shape index (κ2) is 8.73. The summed E-state index contributed by atoms with van der Waals surface area (Å²) in [4.78, 5) is 11.6. The van der Waals surface area contributed by atoms with E-state index in [0.29, 0.717) is 18.9 Å². The van der Waals surface area contributed by atoms with Crippen LogP contribution in [0.15, 0.2) is 30.3 Å². The SMILES string of the molecule is CCCCCC(CC(=O)OCC)c1ccccc1. The molecule has 1 rings (SSSR count). The Morgan fingerprint density at radius 1 is 1.17 bits per heavy atom. The minimum Gasteiger partial charge on any atom is -0.466 e. The lowest BCUT2D eigenvalue weighted by Crippen LogP contribution is -2.10. The molecule has 0 saturated carbocycles. The number of rotatable bonds is 8. The topological polar surface area (TPSA) is 26.3 Å². The summed E-state index contributed by atoms with van der Waals surface area (Å²) in [6, 6.07) is 10.3. The summed E-state index contributed by atoms with van der Waals surface area (Å²) in [6.07, 6.45) is 5.18. The van der Waals surface area contributed by atoms with Crippen LogP contribution in [0.1, 0.15) is 57.4 Å². The number of hydrogen-bond acceptors (Lipinski definition) is 2. The number of unbranched alkanes of at least 4 members (excludes halogenated alkanes) is 2. The van der Waals surface area contributed by atoms with Crippen molar-refractivity contribution in [3.8, 4) is 0 Å². The van der Waals surface area contributed by atoms with Crippen LogP contribution in [0, 0.1) is 0 Å². The van der Waals surface area contributed by atoms with Crippen molar-refractivity contribution in [2.45, 2.75) is 51.9 Å². The number of carbonyl (C=O) groups is 1. The van der Waals surface area contributed by atoms with Crippen LogP contribution >= 0.6 is 0 Å². The third-order valence-corrected chi connectivity index (χ3v) is 3.15. The molecule has 1 unspecified atom stereocenters. The van der Waals surface area contributed by atoms with E-state index in [1.165, 1.54) is 24.8 Å². The first-order valence-corrected chi connectivity index (χ1v) is 6.98. The van der Waals surface area contributed by atoms with Gasteiger partial charge in [0.1, 0.15) is 0 Å². The summed E-state index contributed by atoms with van der Waals surface area (Å²) in [5.41, 5.74) is 1.25. The number of carbonyl (C=O) groups excluding carboxylic acids is 1. The number of ether oxygens (including phenoxy) is 1. The fourth-order valence-corrected chi connectivity index (χ4v) is 2.17. The Kier molecular flexibility index (Phi) is 7.16. The second-order valence-corrected chi connectivity index (χ2v) is 4.61. The molecule has 2 nitrogen and oxygen atoms in total. The Labute approximate surface area is 110 Å². The van der Waals surface area contributed by atoms with Gasteiger partial charge in [-0.25, -0.2) is 0 Å². The van der Waals surface area contributed by atoms with Crippen LogP contribution in [-0.4, -0.2) is 12.6 Å². The molecule has 0 bridgehead atoms. The van der Waals surface area contributed by atoms with Crippen LogP contribution in [0.3, 0.4) is 0 Å². The van der Waals surface area contributed by atoms with Crippen LogP contribution in [0.4, 0.5) is 0 Å². The van der Waals surface area contributed by atoms with E-state index in [2.05, 4.69) is 19.1 Å². The van der Waals surface area contributed by atoms with Gasteiger partial charge in [-0.15, -0.1) is 0 Å². The van der Waals surface area contributed by atoms with Gasteiger partial charge in [-0.05, 0) is 24.8 Å². The van der Waals surface area contributed by atoms with E-state index in [0.717, 1.165) is 6.42 Å². The fourth-order valence-electron chi connectivity index (χ4n) is 2.17. The van der Waals surface area contributed by atoms with Gasteiger partial charge in [0.2, 0.25) is 0 Å². The van der Waals surface area contributed by atoms with Crippen molar-refractivity contribution in [3.05, 3.63) is 35.9 Å². The highest BCUT2D eigenvalue weighted by Gasteiger charge is 2.16. The summed E-state index contributed by atoms with van der Waals surface area (Å²) < 4.78 is 5.06. The van der Waals surface area contributed by atoms with Crippen molar-refractivity contribution >= 4 is 5.97 Å². The summed E-state index contributed by atoms with van der Waals surface area (Å²) in [6.45, 7) is 4.52. The highest BCUT2D eigenvalue weighted by molar-refractivity contribution is 5.70. The van der Waals surface area contributed by atoms with Crippen molar-refractivity contribution in [1.29, 1.82) is 0 Å². The van der Waals surface area contributed by atoms with Crippen molar-refractivity contribution in [2.75, 3.05) is 6.61 Å². The van der Waals surface area contributed by atoms with Gasteiger partial charge >= 0.3 is 5.97 Å². The average Bonchev–Trinajstić information content (AvgIpc) is 2.39. The van der Waals surface area contributed by atoms with E-state index in [1.54, 1.807) is 0 Å². The number of esters is 1. The van der Waals surface area contributed by atoms with E-state index < -0.39 is 0 Å². The highest BCUT2D eigenvalue weighted by atomic mass is 16.5. The van der Waals surface area contributed by atoms with Crippen LogP contribution < -0.4 is 0 Å². The lowest BCUT2D eigenvalue weighted by Gasteiger charge is -2.16. The maximum atomic E-state index is 11.6. The van der Waals surface area contributed by atoms with Gasteiger partial charge in [-0.3, -0.25) is 4.79 Å². The zero-order chi connectivity index (χ0) is 13.2. The van der Waals surface area contributed by atoms with Crippen LogP contribution in [0.2, 0.25) is 0 Å². The largest absolute Gasteiger partial charge is 0.466 e. The molecule has 18 heavy (non-hydrogen) atoms. The summed E-state index contributed by atoms with van der Waals surface area (Å²) in [5.74, 6) is 0.222. The monoisotopic (exact) mass is 248 g/mol. The predicted molar refractivity (Wildman–Crippen MR) is 74.6 cm³/mol. The first kappa shape index (κ1) is 14.7. The summed E-state index contributed by atoms with van der Waals surface area (Å²) >= 11 is 0. The van der Waals surface area contributed by atoms with Crippen molar-refractivity contribution in [2.24, 2.45) is 0 Å². The maximum absolute atomic E-state index is 11.6. The Morgan fingerprint density at radius 3 is 2.50 bits per heavy atom. The molecule has 1 aromatic carbocycles. The van der Waals surface area contributed by atoms with Gasteiger partial charge in [0.15, 0.2) is 0 Å². The Morgan fingerprint density at radius 2 is 1.89 bits per heavy atom. The molecule has 0 aliphatic heterocycles. The molecule has 2 heteroatoms. The summed E-state index contributed by atoms with van der Waals surface area (Å²) in [5, 5.41) is 0. The van der Waals surface area contributed by atoms with Gasteiger partial charge in [-0.1, -0.05) is 56.5 Å². The summed E-state index contributed by atoms with van der Waals surface area (Å²) in [7, 11) is 0. The minimum atomic E-state index is -0.0807. The zero-order valence-corrected chi connectivity index (χ0v) is 11.5. The van der Waals surface area contributed by atoms with Crippen LogP contribution in [0.5, 0.6) is 0 Å². The second-order valence-electron chi connectivity index (χ2n) is 4.61. The molecule has 100 valence electrons. The third-order valence-electron chi connectivity index (χ3n) is 3.15. The molecular weight excluding hydrogens is 224 g/mol. The van der Waals surface area contributed by atoms with E-state index in [4.69, 9.17) is 4.74 Å². The Bertz CT molecular complexity index is 332. The number of benzene rings is 1. The molecule has 0 radical (unpaired) electrons. The van der Waals surface area contributed by atoms with Gasteiger partial charge < -0.3 is 4.74 Å². The number of hydrogen-bond donors (Lipinski definition) is 0. The van der Waals surface area contributed by atoms with Crippen LogP contribution in [0.25, 0.3) is 0 Å². The molecule has 0 aliphatic rings. The molecule has 0 saturated heterocycles. The molecular formula is C16H24O2. The van der Waals surface area contributed by atoms with E-state index in [-0.39, 0.29) is 5.97 Å². The third kappa shape index (κ3) is 5.35. The Hall–Kier alpha value is -1.31. The Balaban J connectivity index is 2.60. The normalized spacial score (nSPS) is 12.1. The average molecular weight is 248 g/mol. The zero-order valence-electron chi connectivity index (χ0n) is 11.5. The molecule has 0 spiro atoms. The van der Waals surface area contributed by atoms with Gasteiger partial charge in [-0.2, -0.15) is 0 Å². The molecule has 0 aliphatic carbocycles. The molecule has 0 fully saturated rings. The van der Waals surface area contributed by atoms with Crippen LogP contribution in [-0.2, 0) is 9.53 Å². The van der Waals surface area contributed by atoms with E-state index >= 15 is 0 Å². The smallest absolute Gasteiger partial charge is 0.306 e. The molecule has 0 amide bonds. The van der Waals surface area contributed by atoms with Gasteiger partial charge in [0.05, 0.1) is 13.0 Å². The van der Waals surface area contributed by atoms with Crippen molar-refractivity contribution in [1.82, 2.24) is 0 Å². The first-order valence-electron chi connectivity index (χ1n) is 6.98. The lowest BCUT2D eigenvalue weighted by atomic mass is 9.90. The minimum absolute atomic E-state index is 0.0807. The van der Waals surface area contributed by atoms with Gasteiger partial charge in [0, 0.05) is 0 Å². The quantitative estimate of drug-likeness (QED) is 0.506. The molecule has 0 N–H and O–H groups in total. The predicted octanol–water partition coefficient (Wildman–Crippen LogP) is 4.30. The van der Waals surface area contributed by atoms with Crippen molar-refractivity contribution < 1.29 is 9.53 Å². The van der Waals surface area contributed by atoms with Crippen molar-refractivity contribution in [3.63, 3.8) is 0 Å². The maximum Gasteiger partial charge on any atom is 0.306 e. The molecule has 1 atom stereocenters.